The number of carbonyl (C=O) groups is 2. The fourth-order valence-corrected chi connectivity index (χ4v) is 2.05. The summed E-state index contributed by atoms with van der Waals surface area (Å²) in [7, 11) is 0. The summed E-state index contributed by atoms with van der Waals surface area (Å²) in [5.74, 6) is -1.43. The normalized spacial score (nSPS) is 11.3. The van der Waals surface area contributed by atoms with Gasteiger partial charge in [0.25, 0.3) is 5.69 Å². The number of nitro groups is 1. The zero-order chi connectivity index (χ0) is 17.5. The Morgan fingerprint density at radius 1 is 1.12 bits per heavy atom. The number of hydrogen-bond acceptors (Lipinski definition) is 5. The summed E-state index contributed by atoms with van der Waals surface area (Å²) in [6.07, 6.45) is -0.982. The van der Waals surface area contributed by atoms with Crippen molar-refractivity contribution in [3.8, 4) is 0 Å². The molecule has 24 heavy (non-hydrogen) atoms. The average Bonchev–Trinajstić information content (AvgIpc) is 2.58. The van der Waals surface area contributed by atoms with E-state index in [1.54, 1.807) is 30.3 Å². The summed E-state index contributed by atoms with van der Waals surface area (Å²) < 4.78 is 4.95. The Balaban J connectivity index is 2.10. The molecule has 0 heterocycles. The number of nitrogens with one attached hydrogen (secondary N) is 1. The second-order valence-corrected chi connectivity index (χ2v) is 4.79. The lowest BCUT2D eigenvalue weighted by Gasteiger charge is -2.15. The van der Waals surface area contributed by atoms with Crippen molar-refractivity contribution in [2.45, 2.75) is 12.6 Å². The van der Waals surface area contributed by atoms with Gasteiger partial charge in [-0.2, -0.15) is 0 Å². The van der Waals surface area contributed by atoms with Gasteiger partial charge in [0.15, 0.2) is 6.04 Å². The second-order valence-electron chi connectivity index (χ2n) is 4.79. The Bertz CT molecular complexity index is 747. The van der Waals surface area contributed by atoms with Crippen molar-refractivity contribution in [3.05, 3.63) is 75.8 Å². The number of amides is 1. The minimum absolute atomic E-state index is 0.0457. The minimum atomic E-state index is -1.59. The van der Waals surface area contributed by atoms with Crippen LogP contribution in [0.5, 0.6) is 0 Å². The number of rotatable bonds is 6. The topological polar surface area (TPSA) is 119 Å². The van der Waals surface area contributed by atoms with Crippen LogP contribution < -0.4 is 5.32 Å². The second kappa shape index (κ2) is 7.73. The summed E-state index contributed by atoms with van der Waals surface area (Å²) in [5.41, 5.74) is 0.199. The Morgan fingerprint density at radius 2 is 1.75 bits per heavy atom. The van der Waals surface area contributed by atoms with Crippen molar-refractivity contribution in [2.75, 3.05) is 0 Å². The van der Waals surface area contributed by atoms with E-state index in [9.17, 15) is 24.8 Å². The maximum absolute atomic E-state index is 11.8. The highest BCUT2D eigenvalue weighted by atomic mass is 16.6. The van der Waals surface area contributed by atoms with Crippen LogP contribution in [-0.4, -0.2) is 22.1 Å². The van der Waals surface area contributed by atoms with Crippen LogP contribution in [0.4, 0.5) is 10.5 Å². The molecule has 0 aliphatic heterocycles. The molecular weight excluding hydrogens is 316 g/mol. The van der Waals surface area contributed by atoms with Crippen LogP contribution in [0, 0.1) is 10.1 Å². The first-order valence-corrected chi connectivity index (χ1v) is 6.92. The number of carboxylic acids is 1. The maximum Gasteiger partial charge on any atom is 0.408 e. The van der Waals surface area contributed by atoms with Crippen molar-refractivity contribution >= 4 is 17.7 Å². The van der Waals surface area contributed by atoms with Crippen molar-refractivity contribution in [3.63, 3.8) is 0 Å². The highest BCUT2D eigenvalue weighted by Crippen LogP contribution is 2.25. The third kappa shape index (κ3) is 4.29. The van der Waals surface area contributed by atoms with Crippen molar-refractivity contribution in [2.24, 2.45) is 0 Å². The quantitative estimate of drug-likeness (QED) is 0.621. The maximum atomic E-state index is 11.8. The smallest absolute Gasteiger partial charge is 0.408 e. The van der Waals surface area contributed by atoms with E-state index in [0.29, 0.717) is 0 Å². The number of nitrogens with zero attached hydrogens (tertiary/aromatic N) is 1. The van der Waals surface area contributed by atoms with Crippen LogP contribution in [0.25, 0.3) is 0 Å². The summed E-state index contributed by atoms with van der Waals surface area (Å²) in [6.45, 7) is -0.0457. The first-order valence-electron chi connectivity index (χ1n) is 6.92. The zero-order valence-corrected chi connectivity index (χ0v) is 12.4. The molecule has 0 bridgehead atoms. The van der Waals surface area contributed by atoms with E-state index in [4.69, 9.17) is 4.74 Å². The number of hydrogen-bond donors (Lipinski definition) is 2. The van der Waals surface area contributed by atoms with Crippen molar-refractivity contribution < 1.29 is 24.4 Å². The van der Waals surface area contributed by atoms with Crippen LogP contribution in [0.1, 0.15) is 17.2 Å². The molecule has 0 fully saturated rings. The average molecular weight is 330 g/mol. The van der Waals surface area contributed by atoms with E-state index in [1.807, 2.05) is 0 Å². The molecule has 1 amide bonds. The SMILES string of the molecule is O=C(N[C@@H](C(=O)O)c1ccccc1[N+](=O)[O-])OCc1ccccc1. The number of benzene rings is 2. The molecular formula is C16H14N2O6. The van der Waals surface area contributed by atoms with Crippen molar-refractivity contribution in [1.82, 2.24) is 5.32 Å². The molecule has 8 nitrogen and oxygen atoms in total. The monoisotopic (exact) mass is 330 g/mol. The van der Waals surface area contributed by atoms with E-state index >= 15 is 0 Å². The van der Waals surface area contributed by atoms with Gasteiger partial charge in [-0.3, -0.25) is 10.1 Å². The summed E-state index contributed by atoms with van der Waals surface area (Å²) in [4.78, 5) is 33.5. The van der Waals surface area contributed by atoms with Gasteiger partial charge in [0.05, 0.1) is 10.5 Å². The summed E-state index contributed by atoms with van der Waals surface area (Å²) >= 11 is 0. The van der Waals surface area contributed by atoms with Gasteiger partial charge in [0, 0.05) is 6.07 Å². The van der Waals surface area contributed by atoms with Gasteiger partial charge in [-0.15, -0.1) is 0 Å². The largest absolute Gasteiger partial charge is 0.479 e. The zero-order valence-electron chi connectivity index (χ0n) is 12.4. The lowest BCUT2D eigenvalue weighted by atomic mass is 10.1. The van der Waals surface area contributed by atoms with Gasteiger partial charge in [0.1, 0.15) is 6.61 Å². The molecule has 0 aliphatic carbocycles. The highest BCUT2D eigenvalue weighted by Gasteiger charge is 2.29. The fraction of sp³-hybridized carbons (Fsp3) is 0.125. The number of ether oxygens (including phenoxy) is 1. The van der Waals surface area contributed by atoms with E-state index in [2.05, 4.69) is 5.32 Å². The Hall–Kier alpha value is -3.42. The molecule has 8 heteroatoms. The number of para-hydroxylation sites is 1. The van der Waals surface area contributed by atoms with E-state index in [1.165, 1.54) is 24.3 Å². The molecule has 2 aromatic rings. The van der Waals surface area contributed by atoms with Crippen LogP contribution in [0.15, 0.2) is 54.6 Å². The molecule has 0 spiro atoms. The fourth-order valence-electron chi connectivity index (χ4n) is 2.05. The Morgan fingerprint density at radius 3 is 2.38 bits per heavy atom. The standard InChI is InChI=1S/C16H14N2O6/c19-15(20)14(12-8-4-5-9-13(12)18(22)23)17-16(21)24-10-11-6-2-1-3-7-11/h1-9,14H,10H2,(H,17,21)(H,19,20)/t14-/m1/s1. The number of carbonyl (C=O) groups excluding carboxylic acids is 1. The first kappa shape index (κ1) is 16.9. The van der Waals surface area contributed by atoms with Gasteiger partial charge in [-0.25, -0.2) is 9.59 Å². The van der Waals surface area contributed by atoms with E-state index in [0.717, 1.165) is 5.56 Å². The van der Waals surface area contributed by atoms with Gasteiger partial charge in [0.2, 0.25) is 0 Å². The van der Waals surface area contributed by atoms with E-state index < -0.39 is 28.7 Å². The predicted molar refractivity (Wildman–Crippen MR) is 83.2 cm³/mol. The number of aliphatic carboxylic acids is 1. The van der Waals surface area contributed by atoms with Gasteiger partial charge >= 0.3 is 12.1 Å². The van der Waals surface area contributed by atoms with Crippen LogP contribution >= 0.6 is 0 Å². The van der Waals surface area contributed by atoms with Crippen molar-refractivity contribution in [1.29, 1.82) is 0 Å². The molecule has 2 rings (SSSR count). The van der Waals surface area contributed by atoms with Crippen LogP contribution in [-0.2, 0) is 16.1 Å². The minimum Gasteiger partial charge on any atom is -0.479 e. The molecule has 0 aromatic heterocycles. The number of carboxylic acid groups (broad SMARTS) is 1. The third-order valence-corrected chi connectivity index (χ3v) is 3.17. The molecule has 1 atom stereocenters. The Kier molecular flexibility index (Phi) is 5.45. The lowest BCUT2D eigenvalue weighted by molar-refractivity contribution is -0.385. The lowest BCUT2D eigenvalue weighted by Crippen LogP contribution is -2.34. The van der Waals surface area contributed by atoms with E-state index in [-0.39, 0.29) is 12.2 Å². The number of nitro benzene ring substituents is 1. The van der Waals surface area contributed by atoms with Gasteiger partial charge in [-0.1, -0.05) is 42.5 Å². The van der Waals surface area contributed by atoms with Gasteiger partial charge < -0.3 is 15.2 Å². The Labute approximate surface area is 136 Å². The molecule has 0 saturated heterocycles. The summed E-state index contributed by atoms with van der Waals surface area (Å²) in [5, 5.41) is 22.4. The molecule has 124 valence electrons. The molecule has 0 saturated carbocycles. The van der Waals surface area contributed by atoms with Gasteiger partial charge in [-0.05, 0) is 11.6 Å². The molecule has 0 radical (unpaired) electrons. The number of alkyl carbamates (subject to hydrolysis) is 1. The van der Waals surface area contributed by atoms with Crippen LogP contribution in [0.3, 0.4) is 0 Å². The van der Waals surface area contributed by atoms with Crippen LogP contribution in [0.2, 0.25) is 0 Å². The summed E-state index contributed by atoms with van der Waals surface area (Å²) in [6, 6.07) is 12.5. The molecule has 2 aromatic carbocycles. The molecule has 2 N–H and O–H groups in total. The first-order chi connectivity index (χ1) is 11.5. The highest BCUT2D eigenvalue weighted by molar-refractivity contribution is 5.82. The molecule has 0 aliphatic rings. The predicted octanol–water partition coefficient (Wildman–Crippen LogP) is 2.65. The third-order valence-electron chi connectivity index (χ3n) is 3.17. The molecule has 0 unspecified atom stereocenters.